The zero-order valence-corrected chi connectivity index (χ0v) is 8.21. The van der Waals surface area contributed by atoms with Gasteiger partial charge in [-0.3, -0.25) is 0 Å². The van der Waals surface area contributed by atoms with Gasteiger partial charge in [-0.25, -0.2) is 14.6 Å². The van der Waals surface area contributed by atoms with Gasteiger partial charge in [-0.15, -0.1) is 0 Å². The zero-order chi connectivity index (χ0) is 11.3. The van der Waals surface area contributed by atoms with E-state index in [1.165, 1.54) is 12.1 Å². The molecule has 82 valence electrons. The fourth-order valence-electron chi connectivity index (χ4n) is 0.978. The molecule has 0 atom stereocenters. The van der Waals surface area contributed by atoms with Gasteiger partial charge in [0, 0.05) is 6.54 Å². The number of primary amides is 1. The molecule has 6 heteroatoms. The molecule has 0 aliphatic heterocycles. The van der Waals surface area contributed by atoms with Gasteiger partial charge in [0.1, 0.15) is 0 Å². The molecule has 0 saturated carbocycles. The van der Waals surface area contributed by atoms with E-state index in [1.807, 2.05) is 6.92 Å². The third-order valence-corrected chi connectivity index (χ3v) is 1.57. The number of ether oxygens (including phenoxy) is 1. The molecule has 1 amide bonds. The van der Waals surface area contributed by atoms with E-state index in [-0.39, 0.29) is 11.4 Å². The number of hydrazine groups is 1. The molecule has 4 N–H and O–H groups in total. The number of carbonyl (C=O) groups excluding carboxylic acids is 1. The second-order valence-electron chi connectivity index (χ2n) is 2.69. The van der Waals surface area contributed by atoms with E-state index < -0.39 is 11.9 Å². The third kappa shape index (κ3) is 3.10. The molecule has 0 aromatic heterocycles. The normalized spacial score (nSPS) is 9.73. The minimum atomic E-state index is -1.05. The summed E-state index contributed by atoms with van der Waals surface area (Å²) in [7, 11) is 0. The van der Waals surface area contributed by atoms with Crippen molar-refractivity contribution in [1.82, 2.24) is 5.43 Å². The van der Waals surface area contributed by atoms with Crippen LogP contribution in [0.25, 0.3) is 0 Å². The van der Waals surface area contributed by atoms with Crippen molar-refractivity contribution in [2.45, 2.75) is 6.92 Å². The third-order valence-electron chi connectivity index (χ3n) is 1.57. The summed E-state index contributed by atoms with van der Waals surface area (Å²) < 4.78 is 18.0. The maximum atomic E-state index is 13.5. The molecule has 0 fully saturated rings. The van der Waals surface area contributed by atoms with Crippen LogP contribution >= 0.6 is 0 Å². The van der Waals surface area contributed by atoms with Crippen LogP contribution in [0.5, 0.6) is 5.75 Å². The van der Waals surface area contributed by atoms with Crippen LogP contribution in [-0.4, -0.2) is 12.6 Å². The van der Waals surface area contributed by atoms with Gasteiger partial charge in [0.25, 0.3) is 0 Å². The van der Waals surface area contributed by atoms with Gasteiger partial charge in [-0.05, 0) is 12.1 Å². The SMILES string of the molecule is CCNNc1cccc(OC(N)=O)c1F. The first-order valence-corrected chi connectivity index (χ1v) is 4.39. The molecule has 0 heterocycles. The van der Waals surface area contributed by atoms with Crippen LogP contribution in [0.1, 0.15) is 6.92 Å². The van der Waals surface area contributed by atoms with Crippen molar-refractivity contribution >= 4 is 11.8 Å². The highest BCUT2D eigenvalue weighted by Crippen LogP contribution is 2.23. The van der Waals surface area contributed by atoms with E-state index in [2.05, 4.69) is 15.6 Å². The van der Waals surface area contributed by atoms with Crippen LogP contribution in [0.2, 0.25) is 0 Å². The first-order chi connectivity index (χ1) is 7.15. The first-order valence-electron chi connectivity index (χ1n) is 4.39. The number of nitrogens with one attached hydrogen (secondary N) is 2. The Labute approximate surface area is 86.4 Å². The summed E-state index contributed by atoms with van der Waals surface area (Å²) >= 11 is 0. The van der Waals surface area contributed by atoms with E-state index in [4.69, 9.17) is 5.73 Å². The Balaban J connectivity index is 2.85. The minimum Gasteiger partial charge on any atom is -0.407 e. The van der Waals surface area contributed by atoms with Gasteiger partial charge in [0.15, 0.2) is 11.6 Å². The smallest absolute Gasteiger partial charge is 0.407 e. The largest absolute Gasteiger partial charge is 0.410 e. The predicted molar refractivity (Wildman–Crippen MR) is 53.9 cm³/mol. The summed E-state index contributed by atoms with van der Waals surface area (Å²) in [4.78, 5) is 10.4. The van der Waals surface area contributed by atoms with Gasteiger partial charge in [0.05, 0.1) is 5.69 Å². The molecule has 0 aliphatic rings. The van der Waals surface area contributed by atoms with E-state index in [1.54, 1.807) is 6.07 Å². The number of carbonyl (C=O) groups is 1. The van der Waals surface area contributed by atoms with Crippen molar-refractivity contribution in [3.05, 3.63) is 24.0 Å². The molecule has 15 heavy (non-hydrogen) atoms. The average Bonchev–Trinajstić information content (AvgIpc) is 2.19. The van der Waals surface area contributed by atoms with Gasteiger partial charge in [0.2, 0.25) is 0 Å². The number of benzene rings is 1. The first kappa shape index (κ1) is 11.3. The van der Waals surface area contributed by atoms with Gasteiger partial charge < -0.3 is 15.9 Å². The molecule has 0 unspecified atom stereocenters. The van der Waals surface area contributed by atoms with E-state index in [0.717, 1.165) is 0 Å². The average molecular weight is 213 g/mol. The second kappa shape index (κ2) is 5.16. The molecule has 1 aromatic carbocycles. The maximum absolute atomic E-state index is 13.5. The Hall–Kier alpha value is -1.82. The number of hydrogen-bond donors (Lipinski definition) is 3. The van der Waals surface area contributed by atoms with Crippen molar-refractivity contribution in [2.24, 2.45) is 5.73 Å². The molecule has 0 bridgehead atoms. The Morgan fingerprint density at radius 1 is 1.60 bits per heavy atom. The number of rotatable bonds is 4. The van der Waals surface area contributed by atoms with Crippen molar-refractivity contribution in [3.63, 3.8) is 0 Å². The molecule has 0 spiro atoms. The monoisotopic (exact) mass is 213 g/mol. The molecule has 0 aliphatic carbocycles. The van der Waals surface area contributed by atoms with Crippen LogP contribution in [0.3, 0.4) is 0 Å². The Bertz CT molecular complexity index is 357. The fraction of sp³-hybridized carbons (Fsp3) is 0.222. The lowest BCUT2D eigenvalue weighted by molar-refractivity contribution is 0.209. The van der Waals surface area contributed by atoms with Crippen LogP contribution in [-0.2, 0) is 0 Å². The standard InChI is InChI=1S/C9H12FN3O2/c1-2-12-13-6-4-3-5-7(8(6)10)15-9(11)14/h3-5,12-13H,2H2,1H3,(H2,11,14). The molecular weight excluding hydrogens is 201 g/mol. The van der Waals surface area contributed by atoms with Gasteiger partial charge >= 0.3 is 6.09 Å². The number of amides is 1. The summed E-state index contributed by atoms with van der Waals surface area (Å²) in [6.45, 7) is 2.48. The number of halogens is 1. The molecular formula is C9H12FN3O2. The fourth-order valence-corrected chi connectivity index (χ4v) is 0.978. The van der Waals surface area contributed by atoms with Crippen molar-refractivity contribution in [3.8, 4) is 5.75 Å². The van der Waals surface area contributed by atoms with Gasteiger partial charge in [-0.2, -0.15) is 0 Å². The molecule has 1 rings (SSSR count). The van der Waals surface area contributed by atoms with E-state index in [9.17, 15) is 9.18 Å². The molecule has 5 nitrogen and oxygen atoms in total. The predicted octanol–water partition coefficient (Wildman–Crippen LogP) is 1.22. The van der Waals surface area contributed by atoms with Crippen molar-refractivity contribution < 1.29 is 13.9 Å². The van der Waals surface area contributed by atoms with Crippen molar-refractivity contribution in [1.29, 1.82) is 0 Å². The zero-order valence-electron chi connectivity index (χ0n) is 8.21. The molecule has 1 aromatic rings. The summed E-state index contributed by atoms with van der Waals surface area (Å²) in [6, 6.07) is 4.37. The lowest BCUT2D eigenvalue weighted by Crippen LogP contribution is -2.22. The van der Waals surface area contributed by atoms with Crippen LogP contribution < -0.4 is 21.3 Å². The second-order valence-corrected chi connectivity index (χ2v) is 2.69. The van der Waals surface area contributed by atoms with E-state index in [0.29, 0.717) is 6.54 Å². The lowest BCUT2D eigenvalue weighted by Gasteiger charge is -2.09. The Morgan fingerprint density at radius 2 is 2.33 bits per heavy atom. The topological polar surface area (TPSA) is 76.4 Å². The minimum absolute atomic E-state index is 0.190. The summed E-state index contributed by atoms with van der Waals surface area (Å²) in [5.41, 5.74) is 10.3. The summed E-state index contributed by atoms with van der Waals surface area (Å²) in [6.07, 6.45) is -1.05. The number of anilines is 1. The quantitative estimate of drug-likeness (QED) is 0.657. The van der Waals surface area contributed by atoms with Crippen molar-refractivity contribution in [2.75, 3.05) is 12.0 Å². The lowest BCUT2D eigenvalue weighted by atomic mass is 10.3. The van der Waals surface area contributed by atoms with E-state index >= 15 is 0 Å². The van der Waals surface area contributed by atoms with Crippen LogP contribution in [0, 0.1) is 5.82 Å². The Kier molecular flexibility index (Phi) is 3.87. The highest BCUT2D eigenvalue weighted by molar-refractivity contribution is 5.69. The maximum Gasteiger partial charge on any atom is 0.410 e. The molecule has 0 saturated heterocycles. The number of hydrogen-bond acceptors (Lipinski definition) is 4. The van der Waals surface area contributed by atoms with Gasteiger partial charge in [-0.1, -0.05) is 13.0 Å². The summed E-state index contributed by atoms with van der Waals surface area (Å²) in [5, 5.41) is 0. The van der Waals surface area contributed by atoms with Crippen LogP contribution in [0.15, 0.2) is 18.2 Å². The summed E-state index contributed by atoms with van der Waals surface area (Å²) in [5.74, 6) is -0.873. The highest BCUT2D eigenvalue weighted by atomic mass is 19.1. The Morgan fingerprint density at radius 3 is 2.93 bits per heavy atom. The molecule has 0 radical (unpaired) electrons. The number of nitrogens with two attached hydrogens (primary N) is 1. The van der Waals surface area contributed by atoms with Crippen LogP contribution in [0.4, 0.5) is 14.9 Å². The highest BCUT2D eigenvalue weighted by Gasteiger charge is 2.10.